The van der Waals surface area contributed by atoms with Gasteiger partial charge >= 0.3 is 0 Å². The molecule has 0 spiro atoms. The monoisotopic (exact) mass is 368 g/mol. The molecule has 0 fully saturated rings. The molecular weight excluding hydrogens is 344 g/mol. The number of hydrogen-bond acceptors (Lipinski definition) is 4. The minimum absolute atomic E-state index is 0.0425. The third kappa shape index (κ3) is 4.10. The van der Waals surface area contributed by atoms with Gasteiger partial charge in [-0.1, -0.05) is 13.8 Å². The summed E-state index contributed by atoms with van der Waals surface area (Å²) >= 11 is 0. The van der Waals surface area contributed by atoms with Crippen LogP contribution in [0.25, 0.3) is 0 Å². The molecule has 1 N–H and O–H groups in total. The quantitative estimate of drug-likeness (QED) is 0.757. The highest BCUT2D eigenvalue weighted by Gasteiger charge is 2.36. The molecule has 0 saturated heterocycles. The molecule has 3 amide bonds. The lowest BCUT2D eigenvalue weighted by Gasteiger charge is -2.15. The normalized spacial score (nSPS) is 14.6. The van der Waals surface area contributed by atoms with Crippen LogP contribution < -0.4 is 5.32 Å². The predicted octanol–water partition coefficient (Wildman–Crippen LogP) is 3.63. The molecule has 0 bridgehead atoms. The van der Waals surface area contributed by atoms with Crippen LogP contribution in [0.1, 0.15) is 70.4 Å². The third-order valence-corrected chi connectivity index (χ3v) is 4.68. The Hall–Kier alpha value is -2.89. The Morgan fingerprint density at radius 1 is 1.07 bits per heavy atom. The van der Waals surface area contributed by atoms with Crippen molar-refractivity contribution in [3.63, 3.8) is 0 Å². The van der Waals surface area contributed by atoms with Crippen molar-refractivity contribution in [2.75, 3.05) is 0 Å². The Morgan fingerprint density at radius 3 is 2.48 bits per heavy atom. The fourth-order valence-corrected chi connectivity index (χ4v) is 3.10. The van der Waals surface area contributed by atoms with Gasteiger partial charge < -0.3 is 9.73 Å². The van der Waals surface area contributed by atoms with Crippen LogP contribution in [0.2, 0.25) is 0 Å². The molecule has 1 atom stereocenters. The molecule has 6 heteroatoms. The van der Waals surface area contributed by atoms with Gasteiger partial charge in [-0.2, -0.15) is 0 Å². The number of furan rings is 1. The Labute approximate surface area is 158 Å². The van der Waals surface area contributed by atoms with Crippen molar-refractivity contribution in [2.24, 2.45) is 5.92 Å². The van der Waals surface area contributed by atoms with Gasteiger partial charge in [0.25, 0.3) is 17.7 Å². The van der Waals surface area contributed by atoms with Crippen molar-refractivity contribution in [1.82, 2.24) is 10.2 Å². The molecule has 27 heavy (non-hydrogen) atoms. The highest BCUT2D eigenvalue weighted by Crippen LogP contribution is 2.26. The lowest BCUT2D eigenvalue weighted by molar-refractivity contribution is 0.0631. The van der Waals surface area contributed by atoms with Gasteiger partial charge in [0.05, 0.1) is 23.9 Å². The molecule has 0 aliphatic carbocycles. The minimum Gasteiger partial charge on any atom is -0.467 e. The van der Waals surface area contributed by atoms with E-state index in [0.29, 0.717) is 22.8 Å². The average molecular weight is 368 g/mol. The summed E-state index contributed by atoms with van der Waals surface area (Å²) in [7, 11) is 0. The number of amides is 3. The molecule has 1 aliphatic rings. The molecule has 0 saturated carbocycles. The van der Waals surface area contributed by atoms with Gasteiger partial charge in [0.2, 0.25) is 0 Å². The largest absolute Gasteiger partial charge is 0.467 e. The summed E-state index contributed by atoms with van der Waals surface area (Å²) in [6.07, 6.45) is 3.42. The van der Waals surface area contributed by atoms with E-state index >= 15 is 0 Å². The summed E-state index contributed by atoms with van der Waals surface area (Å²) in [4.78, 5) is 38.8. The van der Waals surface area contributed by atoms with Crippen molar-refractivity contribution in [2.45, 2.75) is 46.2 Å². The molecule has 1 unspecified atom stereocenters. The van der Waals surface area contributed by atoms with E-state index in [-0.39, 0.29) is 30.0 Å². The van der Waals surface area contributed by atoms with Gasteiger partial charge in [0.1, 0.15) is 5.76 Å². The van der Waals surface area contributed by atoms with Crippen LogP contribution in [0.4, 0.5) is 0 Å². The number of benzene rings is 1. The number of fused-ring (bicyclic) bond motifs is 1. The maximum absolute atomic E-state index is 12.6. The Balaban J connectivity index is 1.72. The fraction of sp³-hybridized carbons (Fsp3) is 0.381. The summed E-state index contributed by atoms with van der Waals surface area (Å²) in [6.45, 7) is 6.33. The zero-order valence-corrected chi connectivity index (χ0v) is 15.8. The molecular formula is C21H24N2O4. The van der Waals surface area contributed by atoms with Gasteiger partial charge in [0.15, 0.2) is 0 Å². The van der Waals surface area contributed by atoms with Crippen molar-refractivity contribution in [3.8, 4) is 0 Å². The first-order chi connectivity index (χ1) is 12.9. The van der Waals surface area contributed by atoms with Crippen LogP contribution in [0, 0.1) is 5.92 Å². The van der Waals surface area contributed by atoms with Crippen LogP contribution in [0.5, 0.6) is 0 Å². The van der Waals surface area contributed by atoms with Gasteiger partial charge in [-0.05, 0) is 56.0 Å². The molecule has 1 aromatic carbocycles. The standard InChI is InChI=1S/C21H24N2O4/c1-13(2)6-7-14(3)22-19(24)15-8-9-17-18(11-15)21(26)23(20(17)25)12-16-5-4-10-27-16/h4-5,8-11,13-14H,6-7,12H2,1-3H3,(H,22,24). The number of carbonyl (C=O) groups is 3. The second-order valence-electron chi connectivity index (χ2n) is 7.38. The maximum Gasteiger partial charge on any atom is 0.261 e. The summed E-state index contributed by atoms with van der Waals surface area (Å²) in [5, 5.41) is 2.95. The first-order valence-electron chi connectivity index (χ1n) is 9.20. The van der Waals surface area contributed by atoms with Gasteiger partial charge in [0, 0.05) is 11.6 Å². The van der Waals surface area contributed by atoms with Crippen LogP contribution in [-0.4, -0.2) is 28.7 Å². The third-order valence-electron chi connectivity index (χ3n) is 4.68. The van der Waals surface area contributed by atoms with E-state index in [1.807, 2.05) is 6.92 Å². The number of nitrogens with zero attached hydrogens (tertiary/aromatic N) is 1. The zero-order valence-electron chi connectivity index (χ0n) is 15.8. The van der Waals surface area contributed by atoms with E-state index in [9.17, 15) is 14.4 Å². The first-order valence-corrected chi connectivity index (χ1v) is 9.20. The minimum atomic E-state index is -0.408. The second kappa shape index (κ2) is 7.78. The summed E-state index contributed by atoms with van der Waals surface area (Å²) in [5.74, 6) is 0.0888. The molecule has 3 rings (SSSR count). The molecule has 142 valence electrons. The smallest absolute Gasteiger partial charge is 0.261 e. The highest BCUT2D eigenvalue weighted by molar-refractivity contribution is 6.22. The van der Waals surface area contributed by atoms with E-state index in [1.54, 1.807) is 24.3 Å². The predicted molar refractivity (Wildman–Crippen MR) is 100 cm³/mol. The average Bonchev–Trinajstić information content (AvgIpc) is 3.23. The zero-order chi connectivity index (χ0) is 19.6. The molecule has 2 aromatic rings. The van der Waals surface area contributed by atoms with E-state index in [2.05, 4.69) is 19.2 Å². The van der Waals surface area contributed by atoms with Crippen LogP contribution in [0.15, 0.2) is 41.0 Å². The molecule has 6 nitrogen and oxygen atoms in total. The van der Waals surface area contributed by atoms with Crippen molar-refractivity contribution in [3.05, 3.63) is 59.0 Å². The number of rotatable bonds is 7. The molecule has 0 radical (unpaired) electrons. The number of carbonyl (C=O) groups excluding carboxylic acids is 3. The fourth-order valence-electron chi connectivity index (χ4n) is 3.10. The highest BCUT2D eigenvalue weighted by atomic mass is 16.3. The van der Waals surface area contributed by atoms with Crippen LogP contribution >= 0.6 is 0 Å². The van der Waals surface area contributed by atoms with E-state index in [4.69, 9.17) is 4.42 Å². The van der Waals surface area contributed by atoms with Gasteiger partial charge in [-0.15, -0.1) is 0 Å². The first kappa shape index (κ1) is 18.9. The van der Waals surface area contributed by atoms with E-state index in [1.165, 1.54) is 12.3 Å². The van der Waals surface area contributed by atoms with Gasteiger partial charge in [-0.25, -0.2) is 0 Å². The second-order valence-corrected chi connectivity index (χ2v) is 7.38. The lowest BCUT2D eigenvalue weighted by atomic mass is 10.0. The Morgan fingerprint density at radius 2 is 1.81 bits per heavy atom. The van der Waals surface area contributed by atoms with E-state index in [0.717, 1.165) is 17.7 Å². The molecule has 1 aliphatic heterocycles. The molecule has 2 heterocycles. The summed E-state index contributed by atoms with van der Waals surface area (Å²) in [6, 6.07) is 8.09. The van der Waals surface area contributed by atoms with Crippen molar-refractivity contribution in [1.29, 1.82) is 0 Å². The Kier molecular flexibility index (Phi) is 5.44. The molecule has 1 aromatic heterocycles. The van der Waals surface area contributed by atoms with E-state index < -0.39 is 5.91 Å². The lowest BCUT2D eigenvalue weighted by Crippen LogP contribution is -2.32. The maximum atomic E-state index is 12.6. The summed E-state index contributed by atoms with van der Waals surface area (Å²) in [5.41, 5.74) is 0.955. The van der Waals surface area contributed by atoms with Crippen LogP contribution in [-0.2, 0) is 6.54 Å². The topological polar surface area (TPSA) is 79.6 Å². The Bertz CT molecular complexity index is 855. The number of nitrogens with one attached hydrogen (secondary N) is 1. The number of imide groups is 1. The number of hydrogen-bond donors (Lipinski definition) is 1. The SMILES string of the molecule is CC(C)CCC(C)NC(=O)c1ccc2c(c1)C(=O)N(Cc1ccco1)C2=O. The summed E-state index contributed by atoms with van der Waals surface area (Å²) < 4.78 is 5.23. The van der Waals surface area contributed by atoms with Crippen LogP contribution in [0.3, 0.4) is 0 Å². The van der Waals surface area contributed by atoms with Gasteiger partial charge in [-0.3, -0.25) is 19.3 Å². The van der Waals surface area contributed by atoms with Crippen molar-refractivity contribution >= 4 is 17.7 Å². The van der Waals surface area contributed by atoms with Crippen molar-refractivity contribution < 1.29 is 18.8 Å².